The molecule has 5 nitrogen and oxygen atoms in total. The SMILES string of the molecule is c1cnc(-c2nccc3c2oc2ccccc23)c(-c2cccnc2-n2c3ccccc3c3ccccc32)c1. The number of fused-ring (bicyclic) bond motifs is 6. The van der Waals surface area contributed by atoms with Crippen molar-refractivity contribution in [2.24, 2.45) is 0 Å². The van der Waals surface area contributed by atoms with E-state index in [0.717, 1.165) is 55.6 Å². The molecule has 5 heteroatoms. The topological polar surface area (TPSA) is 56.7 Å². The first kappa shape index (κ1) is 20.9. The summed E-state index contributed by atoms with van der Waals surface area (Å²) in [7, 11) is 0. The van der Waals surface area contributed by atoms with Gasteiger partial charge in [-0.25, -0.2) is 4.98 Å². The van der Waals surface area contributed by atoms with Gasteiger partial charge in [0.1, 0.15) is 22.8 Å². The molecule has 0 bridgehead atoms. The third kappa shape index (κ3) is 2.96. The third-order valence-corrected chi connectivity index (χ3v) is 7.19. The molecule has 5 heterocycles. The van der Waals surface area contributed by atoms with E-state index in [1.54, 1.807) is 6.20 Å². The van der Waals surface area contributed by atoms with Crippen molar-refractivity contribution in [1.82, 2.24) is 19.5 Å². The molecule has 0 unspecified atom stereocenters. The van der Waals surface area contributed by atoms with Crippen LogP contribution in [-0.2, 0) is 0 Å². The minimum Gasteiger partial charge on any atom is -0.454 e. The van der Waals surface area contributed by atoms with E-state index in [9.17, 15) is 0 Å². The first-order valence-corrected chi connectivity index (χ1v) is 12.5. The largest absolute Gasteiger partial charge is 0.454 e. The van der Waals surface area contributed by atoms with Crippen molar-refractivity contribution < 1.29 is 4.42 Å². The molecule has 0 aliphatic carbocycles. The van der Waals surface area contributed by atoms with Crippen LogP contribution < -0.4 is 0 Å². The quantitative estimate of drug-likeness (QED) is 0.251. The van der Waals surface area contributed by atoms with Crippen LogP contribution in [-0.4, -0.2) is 19.5 Å². The highest BCUT2D eigenvalue weighted by molar-refractivity contribution is 6.11. The molecule has 5 aromatic heterocycles. The van der Waals surface area contributed by atoms with Crippen molar-refractivity contribution in [2.75, 3.05) is 0 Å². The number of pyridine rings is 3. The second-order valence-corrected chi connectivity index (χ2v) is 9.28. The maximum atomic E-state index is 6.32. The molecule has 8 rings (SSSR count). The monoisotopic (exact) mass is 488 g/mol. The fourth-order valence-electron chi connectivity index (χ4n) is 5.57. The maximum Gasteiger partial charge on any atom is 0.163 e. The van der Waals surface area contributed by atoms with Gasteiger partial charge in [-0.05, 0) is 42.5 Å². The summed E-state index contributed by atoms with van der Waals surface area (Å²) in [5.74, 6) is 0.843. The molecule has 0 radical (unpaired) electrons. The third-order valence-electron chi connectivity index (χ3n) is 7.19. The zero-order valence-electron chi connectivity index (χ0n) is 20.2. The molecule has 0 amide bonds. The molecule has 178 valence electrons. The summed E-state index contributed by atoms with van der Waals surface area (Å²) in [4.78, 5) is 14.5. The summed E-state index contributed by atoms with van der Waals surface area (Å²) < 4.78 is 8.57. The van der Waals surface area contributed by atoms with Gasteiger partial charge in [-0.1, -0.05) is 60.7 Å². The van der Waals surface area contributed by atoms with Crippen molar-refractivity contribution in [3.8, 4) is 28.3 Å². The van der Waals surface area contributed by atoms with E-state index >= 15 is 0 Å². The minimum atomic E-state index is 0.714. The molecular weight excluding hydrogens is 468 g/mol. The summed E-state index contributed by atoms with van der Waals surface area (Å²) in [5.41, 5.74) is 7.17. The fourth-order valence-corrected chi connectivity index (χ4v) is 5.57. The Kier molecular flexibility index (Phi) is 4.45. The van der Waals surface area contributed by atoms with E-state index < -0.39 is 0 Å². The van der Waals surface area contributed by atoms with Crippen LogP contribution in [0.5, 0.6) is 0 Å². The number of benzene rings is 3. The highest BCUT2D eigenvalue weighted by Gasteiger charge is 2.21. The molecule has 0 atom stereocenters. The van der Waals surface area contributed by atoms with E-state index in [4.69, 9.17) is 19.4 Å². The summed E-state index contributed by atoms with van der Waals surface area (Å²) in [6.07, 6.45) is 5.48. The molecule has 0 spiro atoms. The summed E-state index contributed by atoms with van der Waals surface area (Å²) in [6.45, 7) is 0. The number of hydrogen-bond acceptors (Lipinski definition) is 4. The second-order valence-electron chi connectivity index (χ2n) is 9.28. The van der Waals surface area contributed by atoms with Crippen molar-refractivity contribution in [3.63, 3.8) is 0 Å². The average Bonchev–Trinajstić information content (AvgIpc) is 3.53. The number of hydrogen-bond donors (Lipinski definition) is 0. The zero-order valence-corrected chi connectivity index (χ0v) is 20.2. The lowest BCUT2D eigenvalue weighted by atomic mass is 10.0. The van der Waals surface area contributed by atoms with Gasteiger partial charge in [-0.3, -0.25) is 14.5 Å². The Bertz CT molecular complexity index is 2100. The molecule has 0 saturated carbocycles. The van der Waals surface area contributed by atoms with Crippen LogP contribution in [0.1, 0.15) is 0 Å². The number of nitrogens with zero attached hydrogens (tertiary/aromatic N) is 4. The molecule has 0 aliphatic rings. The Labute approximate surface area is 217 Å². The van der Waals surface area contributed by atoms with Gasteiger partial charge < -0.3 is 4.42 Å². The highest BCUT2D eigenvalue weighted by atomic mass is 16.3. The Morgan fingerprint density at radius 2 is 1.11 bits per heavy atom. The van der Waals surface area contributed by atoms with Crippen LogP contribution in [0.3, 0.4) is 0 Å². The van der Waals surface area contributed by atoms with E-state index in [0.29, 0.717) is 5.69 Å². The van der Waals surface area contributed by atoms with Crippen LogP contribution in [0.15, 0.2) is 126 Å². The summed E-state index contributed by atoms with van der Waals surface area (Å²) in [5, 5.41) is 4.48. The molecular formula is C33H20N4O. The second kappa shape index (κ2) is 8.11. The van der Waals surface area contributed by atoms with Crippen LogP contribution in [0.2, 0.25) is 0 Å². The normalized spacial score (nSPS) is 11.7. The van der Waals surface area contributed by atoms with E-state index in [1.165, 1.54) is 10.8 Å². The smallest absolute Gasteiger partial charge is 0.163 e. The van der Waals surface area contributed by atoms with Crippen molar-refractivity contribution in [3.05, 3.63) is 122 Å². The number of para-hydroxylation sites is 3. The lowest BCUT2D eigenvalue weighted by molar-refractivity contribution is 0.668. The standard InChI is InChI=1S/C33H20N4O/c1-4-14-27-21(9-1)22-10-2-5-15-28(22)37(27)33-26(13-8-19-36-33)24-12-7-18-34-30(24)31-32-25(17-20-35-31)23-11-3-6-16-29(23)38-32/h1-20H. The predicted octanol–water partition coefficient (Wildman–Crippen LogP) is 8.20. The van der Waals surface area contributed by atoms with Crippen molar-refractivity contribution in [2.45, 2.75) is 0 Å². The van der Waals surface area contributed by atoms with Gasteiger partial charge in [0.15, 0.2) is 5.58 Å². The van der Waals surface area contributed by atoms with E-state index in [2.05, 4.69) is 71.3 Å². The van der Waals surface area contributed by atoms with Gasteiger partial charge in [0, 0.05) is 51.3 Å². The fraction of sp³-hybridized carbons (Fsp3) is 0. The summed E-state index contributed by atoms with van der Waals surface area (Å²) in [6, 6.07) is 35.1. The van der Waals surface area contributed by atoms with Crippen molar-refractivity contribution in [1.29, 1.82) is 0 Å². The average molecular weight is 489 g/mol. The van der Waals surface area contributed by atoms with Crippen LogP contribution in [0.25, 0.3) is 72.1 Å². The Morgan fingerprint density at radius 1 is 0.474 bits per heavy atom. The molecule has 0 fully saturated rings. The zero-order chi connectivity index (χ0) is 25.1. The lowest BCUT2D eigenvalue weighted by Gasteiger charge is -2.15. The van der Waals surface area contributed by atoms with Gasteiger partial charge in [0.25, 0.3) is 0 Å². The van der Waals surface area contributed by atoms with Gasteiger partial charge >= 0.3 is 0 Å². The predicted molar refractivity (Wildman–Crippen MR) is 152 cm³/mol. The lowest BCUT2D eigenvalue weighted by Crippen LogP contribution is -2.01. The summed E-state index contributed by atoms with van der Waals surface area (Å²) >= 11 is 0. The molecule has 8 aromatic rings. The van der Waals surface area contributed by atoms with E-state index in [-0.39, 0.29) is 0 Å². The molecule has 38 heavy (non-hydrogen) atoms. The van der Waals surface area contributed by atoms with Crippen LogP contribution in [0, 0.1) is 0 Å². The number of aromatic nitrogens is 4. The van der Waals surface area contributed by atoms with Gasteiger partial charge in [0.05, 0.1) is 11.0 Å². The van der Waals surface area contributed by atoms with Crippen molar-refractivity contribution >= 4 is 43.7 Å². The van der Waals surface area contributed by atoms with Gasteiger partial charge in [-0.2, -0.15) is 0 Å². The molecule has 0 aliphatic heterocycles. The number of rotatable bonds is 3. The minimum absolute atomic E-state index is 0.714. The maximum absolute atomic E-state index is 6.32. The van der Waals surface area contributed by atoms with Gasteiger partial charge in [-0.15, -0.1) is 0 Å². The van der Waals surface area contributed by atoms with Crippen LogP contribution in [0.4, 0.5) is 0 Å². The Morgan fingerprint density at radius 3 is 1.89 bits per heavy atom. The first-order chi connectivity index (χ1) is 18.9. The van der Waals surface area contributed by atoms with Crippen LogP contribution >= 0.6 is 0 Å². The van der Waals surface area contributed by atoms with E-state index in [1.807, 2.05) is 48.8 Å². The Hall–Kier alpha value is -5.29. The number of furan rings is 1. The highest BCUT2D eigenvalue weighted by Crippen LogP contribution is 2.40. The first-order valence-electron chi connectivity index (χ1n) is 12.5. The molecule has 3 aromatic carbocycles. The molecule has 0 saturated heterocycles. The van der Waals surface area contributed by atoms with Gasteiger partial charge in [0.2, 0.25) is 0 Å². The molecule has 0 N–H and O–H groups in total. The Balaban J connectivity index is 1.43.